The standard InChI is InChI=1S/C66H94N10O12S/c1-42(2)52(75(13)62(83)58(65(7,8)9)73-61(82)57(68-12)66(10,11)50-22-16-14-17-23-50)37-44(5)59(80)74-89(86,87)41-48-28-26-46(27-29-48)39-70-64(85)88-40-47-30-32-51(33-31-47)71-60(81)49(21-20-35-69-63(67)84)38-53(77)56(43(3)4)72-54(78)24-18-15-19-36-76-45(6)25-34-55(76)79/h14,16-17,22-23,25-34,37,42-43,49,52,56-58,68H,6,15,18-21,24,35-36,38-41H2,1-5,7-13H3,(H,70,85)(H,71,81)(H,72,78)(H,73,82)(H,74,80)(H3,67,69,84)/b44-37+/t49-,52+,56+,57+,58+/m0/s1. The average Bonchev–Trinajstić information content (AvgIpc) is 1.69. The molecular weight excluding hydrogens is 1160 g/mol. The first-order valence-corrected chi connectivity index (χ1v) is 31.8. The van der Waals surface area contributed by atoms with Crippen molar-refractivity contribution < 1.29 is 56.3 Å². The van der Waals surface area contributed by atoms with Crippen molar-refractivity contribution in [1.82, 2.24) is 41.1 Å². The highest BCUT2D eigenvalue weighted by molar-refractivity contribution is 7.89. The predicted octanol–water partition coefficient (Wildman–Crippen LogP) is 7.16. The Kier molecular flexibility index (Phi) is 28.0. The van der Waals surface area contributed by atoms with Gasteiger partial charge in [0.05, 0.1) is 23.9 Å². The second-order valence-corrected chi connectivity index (χ2v) is 26.7. The lowest BCUT2D eigenvalue weighted by Crippen LogP contribution is -2.61. The number of benzene rings is 3. The summed E-state index contributed by atoms with van der Waals surface area (Å²) in [6.45, 7) is 22.8. The van der Waals surface area contributed by atoms with Gasteiger partial charge in [-0.3, -0.25) is 33.6 Å². The van der Waals surface area contributed by atoms with Crippen LogP contribution in [-0.4, -0.2) is 123 Å². The van der Waals surface area contributed by atoms with Crippen LogP contribution in [0.5, 0.6) is 0 Å². The summed E-state index contributed by atoms with van der Waals surface area (Å²) >= 11 is 0. The fourth-order valence-electron chi connectivity index (χ4n) is 10.3. The van der Waals surface area contributed by atoms with E-state index in [1.54, 1.807) is 79.7 Å². The van der Waals surface area contributed by atoms with E-state index in [0.29, 0.717) is 60.3 Å². The van der Waals surface area contributed by atoms with E-state index in [-0.39, 0.29) is 85.8 Å². The Morgan fingerprint density at radius 2 is 1.39 bits per heavy atom. The highest BCUT2D eigenvalue weighted by atomic mass is 32.2. The molecule has 89 heavy (non-hydrogen) atoms. The number of likely N-dealkylation sites (N-methyl/N-ethyl adjacent to an activating group) is 2. The molecule has 0 saturated heterocycles. The molecule has 9 N–H and O–H groups in total. The number of nitrogens with one attached hydrogen (secondary N) is 7. The van der Waals surface area contributed by atoms with Gasteiger partial charge < -0.3 is 52.2 Å². The zero-order chi connectivity index (χ0) is 66.4. The van der Waals surface area contributed by atoms with Gasteiger partial charge in [0.2, 0.25) is 33.7 Å². The van der Waals surface area contributed by atoms with Crippen molar-refractivity contribution in [2.75, 3.05) is 32.5 Å². The number of nitrogens with two attached hydrogens (primary N) is 1. The molecule has 22 nitrogen and oxygen atoms in total. The van der Waals surface area contributed by atoms with E-state index in [2.05, 4.69) is 43.2 Å². The highest BCUT2D eigenvalue weighted by Crippen LogP contribution is 2.30. The normalized spacial score (nSPS) is 14.5. The third-order valence-electron chi connectivity index (χ3n) is 15.6. The number of amides is 9. The Bertz CT molecular complexity index is 3120. The first-order chi connectivity index (χ1) is 41.7. The van der Waals surface area contributed by atoms with Crippen molar-refractivity contribution >= 4 is 69.1 Å². The Morgan fingerprint density at radius 3 is 1.97 bits per heavy atom. The van der Waals surface area contributed by atoms with Crippen LogP contribution in [-0.2, 0) is 72.6 Å². The lowest BCUT2D eigenvalue weighted by Gasteiger charge is -2.40. The Hall–Kier alpha value is -8.18. The number of anilines is 1. The molecule has 1 heterocycles. The maximum absolute atomic E-state index is 14.4. The molecule has 4 rings (SSSR count). The van der Waals surface area contributed by atoms with E-state index in [4.69, 9.17) is 10.5 Å². The second kappa shape index (κ2) is 34.0. The molecule has 23 heteroatoms. The fourth-order valence-corrected chi connectivity index (χ4v) is 11.4. The van der Waals surface area contributed by atoms with Crippen molar-refractivity contribution in [1.29, 1.82) is 0 Å². The largest absolute Gasteiger partial charge is 0.445 e. The third-order valence-corrected chi connectivity index (χ3v) is 16.8. The van der Waals surface area contributed by atoms with Crippen LogP contribution < -0.4 is 42.4 Å². The number of Topliss-reactive ketones (excluding diaryl/α,β-unsaturated/α-hetero) is 1. The number of urea groups is 1. The molecule has 0 bridgehead atoms. The zero-order valence-corrected chi connectivity index (χ0v) is 54.6. The van der Waals surface area contributed by atoms with Gasteiger partial charge in [-0.2, -0.15) is 0 Å². The number of rotatable bonds is 34. The van der Waals surface area contributed by atoms with Crippen LogP contribution in [0.1, 0.15) is 136 Å². The topological polar surface area (TPSA) is 314 Å². The van der Waals surface area contributed by atoms with E-state index in [1.807, 2.05) is 92.6 Å². The summed E-state index contributed by atoms with van der Waals surface area (Å²) in [7, 11) is -0.911. The van der Waals surface area contributed by atoms with E-state index < -0.39 is 80.6 Å². The van der Waals surface area contributed by atoms with Crippen molar-refractivity contribution in [3.63, 3.8) is 0 Å². The minimum atomic E-state index is -4.21. The third kappa shape index (κ3) is 23.4. The predicted molar refractivity (Wildman–Crippen MR) is 343 cm³/mol. The van der Waals surface area contributed by atoms with E-state index >= 15 is 0 Å². The summed E-state index contributed by atoms with van der Waals surface area (Å²) in [5.41, 5.74) is 7.52. The molecule has 0 aliphatic carbocycles. The Balaban J connectivity index is 1.27. The molecule has 1 aliphatic heterocycles. The molecule has 3 aromatic carbocycles. The summed E-state index contributed by atoms with van der Waals surface area (Å²) < 4.78 is 34.2. The van der Waals surface area contributed by atoms with E-state index in [1.165, 1.54) is 17.9 Å². The summed E-state index contributed by atoms with van der Waals surface area (Å²) in [5, 5.41) is 17.0. The SMILES string of the molecule is C=C1C=CC(=O)N1CCCCCC(=O)N[C@@H](C(=O)C[C@H](CCCNC(N)=O)C(=O)Nc1ccc(COC(=O)NCc2ccc(CS(=O)(=O)NC(=O)/C(C)=C/[C@H](C(C)C)N(C)C(=O)[C@@H](NC(=O)[C@@H](NC)C(C)(C)c3ccccc3)C(C)(C)C)cc2)cc1)C(C)C. The lowest BCUT2D eigenvalue weighted by molar-refractivity contribution is -0.141. The summed E-state index contributed by atoms with van der Waals surface area (Å²) in [6, 6.07) is 18.7. The van der Waals surface area contributed by atoms with Crippen molar-refractivity contribution in [3.05, 3.63) is 137 Å². The number of allylic oxidation sites excluding steroid dienone is 1. The van der Waals surface area contributed by atoms with Gasteiger partial charge in [-0.05, 0) is 97.4 Å². The smallest absolute Gasteiger partial charge is 0.407 e. The number of ether oxygens (including phenoxy) is 1. The molecule has 1 aliphatic rings. The minimum Gasteiger partial charge on any atom is -0.445 e. The molecule has 9 amide bonds. The maximum atomic E-state index is 14.4. The molecule has 0 spiro atoms. The number of unbranched alkanes of at least 4 members (excludes halogenated alkanes) is 2. The summed E-state index contributed by atoms with van der Waals surface area (Å²) in [4.78, 5) is 121. The summed E-state index contributed by atoms with van der Waals surface area (Å²) in [6.07, 6.45) is 6.46. The first-order valence-electron chi connectivity index (χ1n) is 30.2. The van der Waals surface area contributed by atoms with E-state index in [9.17, 15) is 51.6 Å². The number of hydrogen-bond acceptors (Lipinski definition) is 13. The number of sulfonamides is 1. The van der Waals surface area contributed by atoms with Gasteiger partial charge in [-0.1, -0.05) is 148 Å². The van der Waals surface area contributed by atoms with Crippen molar-refractivity contribution in [2.45, 2.75) is 163 Å². The van der Waals surface area contributed by atoms with Gasteiger partial charge >= 0.3 is 12.1 Å². The number of carbonyl (C=O) groups is 9. The van der Waals surface area contributed by atoms with Crippen LogP contribution in [0.4, 0.5) is 15.3 Å². The number of primary amides is 1. The van der Waals surface area contributed by atoms with Gasteiger partial charge in [-0.15, -0.1) is 0 Å². The molecule has 0 saturated carbocycles. The second-order valence-electron chi connectivity index (χ2n) is 25.0. The van der Waals surface area contributed by atoms with Gasteiger partial charge in [0, 0.05) is 73.9 Å². The molecule has 0 radical (unpaired) electrons. The highest BCUT2D eigenvalue weighted by Gasteiger charge is 2.42. The molecule has 0 aromatic heterocycles. The van der Waals surface area contributed by atoms with Gasteiger partial charge in [0.25, 0.3) is 11.8 Å². The number of carbonyl (C=O) groups excluding carboxylic acids is 9. The van der Waals surface area contributed by atoms with Crippen LogP contribution >= 0.6 is 0 Å². The Morgan fingerprint density at radius 1 is 0.764 bits per heavy atom. The maximum Gasteiger partial charge on any atom is 0.407 e. The molecule has 3 aromatic rings. The monoisotopic (exact) mass is 1250 g/mol. The molecule has 486 valence electrons. The number of ketones is 1. The number of alkyl carbamates (subject to hydrolysis) is 1. The number of hydrogen-bond donors (Lipinski definition) is 8. The lowest BCUT2D eigenvalue weighted by atomic mass is 9.76. The van der Waals surface area contributed by atoms with Crippen LogP contribution in [0.25, 0.3) is 0 Å². The van der Waals surface area contributed by atoms with Crippen LogP contribution in [0.15, 0.2) is 115 Å². The summed E-state index contributed by atoms with van der Waals surface area (Å²) in [5.74, 6) is -4.61. The van der Waals surface area contributed by atoms with E-state index in [0.717, 1.165) is 5.56 Å². The molecular formula is C66H94N10O12S. The Labute approximate surface area is 525 Å². The molecule has 0 fully saturated rings. The molecule has 0 unspecified atom stereocenters. The van der Waals surface area contributed by atoms with Gasteiger partial charge in [0.15, 0.2) is 5.78 Å². The zero-order valence-electron chi connectivity index (χ0n) is 53.8. The van der Waals surface area contributed by atoms with Gasteiger partial charge in [0.1, 0.15) is 12.6 Å². The fraction of sp³-hybridized carbons (Fsp3) is 0.500. The van der Waals surface area contributed by atoms with Crippen LogP contribution in [0.2, 0.25) is 0 Å². The van der Waals surface area contributed by atoms with Crippen LogP contribution in [0.3, 0.4) is 0 Å². The molecule has 5 atom stereocenters. The number of nitrogens with zero attached hydrogens (tertiary/aromatic N) is 2. The first kappa shape index (κ1) is 73.3. The minimum absolute atomic E-state index is 0.0450. The average molecular weight is 1250 g/mol. The van der Waals surface area contributed by atoms with Crippen molar-refractivity contribution in [3.8, 4) is 0 Å². The van der Waals surface area contributed by atoms with Crippen molar-refractivity contribution in [2.24, 2.45) is 28.9 Å². The quantitative estimate of drug-likeness (QED) is 0.0218. The van der Waals surface area contributed by atoms with Crippen LogP contribution in [0, 0.1) is 23.2 Å². The van der Waals surface area contributed by atoms with Gasteiger partial charge in [-0.25, -0.2) is 22.7 Å².